The standard InChI is InChI=1S/C3H4Br2Cl2O/c4-2(1-8)3(5,6)7/h2,8H,1H2. The van der Waals surface area contributed by atoms with Gasteiger partial charge in [0.25, 0.3) is 0 Å². The highest BCUT2D eigenvalue weighted by atomic mass is 79.9. The van der Waals surface area contributed by atoms with Crippen LogP contribution in [0, 0.1) is 0 Å². The number of aliphatic hydroxyl groups excluding tert-OH is 1. The van der Waals surface area contributed by atoms with Crippen LogP contribution >= 0.6 is 55.1 Å². The molecule has 0 aliphatic heterocycles. The molecule has 0 aliphatic rings. The Balaban J connectivity index is 3.62. The second-order valence-corrected chi connectivity index (χ2v) is 5.85. The fourth-order valence-electron chi connectivity index (χ4n) is 0.104. The molecule has 0 fully saturated rings. The summed E-state index contributed by atoms with van der Waals surface area (Å²) in [5.41, 5.74) is 0. The average Bonchev–Trinajstić information content (AvgIpc) is 1.62. The van der Waals surface area contributed by atoms with Crippen LogP contribution in [0.3, 0.4) is 0 Å². The summed E-state index contributed by atoms with van der Waals surface area (Å²) < 4.78 is -1.07. The van der Waals surface area contributed by atoms with Crippen LogP contribution in [-0.4, -0.2) is 19.8 Å². The Hall–Kier alpha value is 1.50. The summed E-state index contributed by atoms with van der Waals surface area (Å²) in [4.78, 5) is -0.335. The first kappa shape index (κ1) is 9.50. The lowest BCUT2D eigenvalue weighted by atomic mass is 10.5. The van der Waals surface area contributed by atoms with E-state index in [1.54, 1.807) is 0 Å². The molecule has 1 unspecified atom stereocenters. The third kappa shape index (κ3) is 3.51. The van der Waals surface area contributed by atoms with Gasteiger partial charge in [0.15, 0.2) is 3.24 Å². The molecule has 0 bridgehead atoms. The fourth-order valence-corrected chi connectivity index (χ4v) is 0.386. The summed E-state index contributed by atoms with van der Waals surface area (Å²) in [6, 6.07) is 0. The van der Waals surface area contributed by atoms with Crippen LogP contribution in [-0.2, 0) is 0 Å². The highest BCUT2D eigenvalue weighted by Gasteiger charge is 2.28. The highest BCUT2D eigenvalue weighted by molar-refractivity contribution is 9.13. The van der Waals surface area contributed by atoms with Crippen LogP contribution < -0.4 is 0 Å². The molecule has 0 aromatic rings. The Morgan fingerprint density at radius 2 is 2.00 bits per heavy atom. The van der Waals surface area contributed by atoms with E-state index in [9.17, 15) is 0 Å². The normalized spacial score (nSPS) is 16.1. The van der Waals surface area contributed by atoms with E-state index in [1.165, 1.54) is 0 Å². The smallest absolute Gasteiger partial charge is 0.186 e. The van der Waals surface area contributed by atoms with E-state index in [0.717, 1.165) is 0 Å². The van der Waals surface area contributed by atoms with Gasteiger partial charge in [0, 0.05) is 0 Å². The summed E-state index contributed by atoms with van der Waals surface area (Å²) in [7, 11) is 0. The molecule has 0 spiro atoms. The van der Waals surface area contributed by atoms with Gasteiger partial charge in [-0.3, -0.25) is 0 Å². The third-order valence-electron chi connectivity index (χ3n) is 0.515. The molecule has 0 rings (SSSR count). The molecule has 1 nitrogen and oxygen atoms in total. The number of hydrogen-bond acceptors (Lipinski definition) is 1. The minimum absolute atomic E-state index is 0.0990. The van der Waals surface area contributed by atoms with Gasteiger partial charge in [-0.1, -0.05) is 39.1 Å². The molecule has 0 saturated heterocycles. The van der Waals surface area contributed by atoms with Gasteiger partial charge in [0.1, 0.15) is 0 Å². The molecule has 1 atom stereocenters. The minimum atomic E-state index is -1.07. The van der Waals surface area contributed by atoms with Gasteiger partial charge >= 0.3 is 0 Å². The Bertz CT molecular complexity index is 72.2. The summed E-state index contributed by atoms with van der Waals surface area (Å²) in [6.07, 6.45) is 0. The first-order chi connectivity index (χ1) is 3.48. The molecule has 50 valence electrons. The zero-order valence-electron chi connectivity index (χ0n) is 3.74. The van der Waals surface area contributed by atoms with E-state index in [0.29, 0.717) is 0 Å². The van der Waals surface area contributed by atoms with Gasteiger partial charge in [0.05, 0.1) is 11.4 Å². The van der Waals surface area contributed by atoms with Gasteiger partial charge in [-0.2, -0.15) is 0 Å². The van der Waals surface area contributed by atoms with Crippen molar-refractivity contribution in [1.29, 1.82) is 0 Å². The summed E-state index contributed by atoms with van der Waals surface area (Å²) in [5.74, 6) is 0. The van der Waals surface area contributed by atoms with E-state index in [-0.39, 0.29) is 11.4 Å². The zero-order valence-corrected chi connectivity index (χ0v) is 8.43. The lowest BCUT2D eigenvalue weighted by molar-refractivity contribution is 0.298. The van der Waals surface area contributed by atoms with Crippen LogP contribution in [0.1, 0.15) is 0 Å². The maximum absolute atomic E-state index is 8.42. The summed E-state index contributed by atoms with van der Waals surface area (Å²) in [5, 5.41) is 8.42. The molecule has 0 radical (unpaired) electrons. The number of rotatable bonds is 2. The van der Waals surface area contributed by atoms with Gasteiger partial charge in [0.2, 0.25) is 0 Å². The van der Waals surface area contributed by atoms with E-state index < -0.39 is 3.24 Å². The van der Waals surface area contributed by atoms with Gasteiger partial charge in [-0.15, -0.1) is 0 Å². The molecular formula is C3H4Br2Cl2O. The van der Waals surface area contributed by atoms with Crippen LogP contribution in [0.5, 0.6) is 0 Å². The van der Waals surface area contributed by atoms with Gasteiger partial charge < -0.3 is 5.11 Å². The molecule has 0 saturated carbocycles. The monoisotopic (exact) mass is 284 g/mol. The van der Waals surface area contributed by atoms with Crippen molar-refractivity contribution >= 4 is 55.1 Å². The van der Waals surface area contributed by atoms with Crippen molar-refractivity contribution in [3.05, 3.63) is 0 Å². The van der Waals surface area contributed by atoms with Crippen molar-refractivity contribution < 1.29 is 5.11 Å². The van der Waals surface area contributed by atoms with Crippen LogP contribution in [0.25, 0.3) is 0 Å². The zero-order chi connectivity index (χ0) is 6.78. The van der Waals surface area contributed by atoms with Crippen molar-refractivity contribution in [2.24, 2.45) is 0 Å². The maximum atomic E-state index is 8.42. The predicted molar refractivity (Wildman–Crippen MR) is 43.2 cm³/mol. The average molecular weight is 287 g/mol. The highest BCUT2D eigenvalue weighted by Crippen LogP contribution is 2.36. The van der Waals surface area contributed by atoms with E-state index in [1.807, 2.05) is 0 Å². The van der Waals surface area contributed by atoms with Crippen LogP contribution in [0.15, 0.2) is 0 Å². The summed E-state index contributed by atoms with van der Waals surface area (Å²) in [6.45, 7) is -0.0990. The number of halogens is 4. The molecule has 0 heterocycles. The maximum Gasteiger partial charge on any atom is 0.186 e. The Kier molecular flexibility index (Phi) is 4.29. The number of aliphatic hydroxyl groups is 1. The Morgan fingerprint density at radius 1 is 1.62 bits per heavy atom. The summed E-state index contributed by atoms with van der Waals surface area (Å²) >= 11 is 16.9. The van der Waals surface area contributed by atoms with Crippen molar-refractivity contribution in [3.8, 4) is 0 Å². The topological polar surface area (TPSA) is 20.2 Å². The van der Waals surface area contributed by atoms with E-state index in [4.69, 9.17) is 28.3 Å². The van der Waals surface area contributed by atoms with Crippen molar-refractivity contribution in [2.45, 2.75) is 8.07 Å². The third-order valence-corrected chi connectivity index (χ3v) is 3.71. The fraction of sp³-hybridized carbons (Fsp3) is 1.00. The second-order valence-electron chi connectivity index (χ2n) is 1.19. The molecule has 0 aromatic heterocycles. The minimum Gasteiger partial charge on any atom is -0.395 e. The lowest BCUT2D eigenvalue weighted by Gasteiger charge is -2.14. The van der Waals surface area contributed by atoms with Crippen LogP contribution in [0.4, 0.5) is 0 Å². The SMILES string of the molecule is OCC(Br)C(Cl)(Cl)Br. The quantitative estimate of drug-likeness (QED) is 0.772. The first-order valence-electron chi connectivity index (χ1n) is 1.80. The van der Waals surface area contributed by atoms with Crippen molar-refractivity contribution in [1.82, 2.24) is 0 Å². The van der Waals surface area contributed by atoms with E-state index in [2.05, 4.69) is 31.9 Å². The molecule has 8 heavy (non-hydrogen) atoms. The molecule has 0 amide bonds. The molecule has 0 aliphatic carbocycles. The Morgan fingerprint density at radius 3 is 2.00 bits per heavy atom. The first-order valence-corrected chi connectivity index (χ1v) is 4.26. The largest absolute Gasteiger partial charge is 0.395 e. The molecule has 0 aromatic carbocycles. The Labute approximate surface area is 74.6 Å². The van der Waals surface area contributed by atoms with Crippen molar-refractivity contribution in [2.75, 3.05) is 6.61 Å². The van der Waals surface area contributed by atoms with Gasteiger partial charge in [-0.05, 0) is 15.9 Å². The molecule has 5 heteroatoms. The predicted octanol–water partition coefficient (Wildman–Crippen LogP) is 2.27. The lowest BCUT2D eigenvalue weighted by Crippen LogP contribution is -2.21. The second kappa shape index (κ2) is 3.62. The number of hydrogen-bond donors (Lipinski definition) is 1. The molecular weight excluding hydrogens is 283 g/mol. The van der Waals surface area contributed by atoms with E-state index >= 15 is 0 Å². The van der Waals surface area contributed by atoms with Gasteiger partial charge in [-0.25, -0.2) is 0 Å². The molecule has 1 N–H and O–H groups in total. The van der Waals surface area contributed by atoms with Crippen molar-refractivity contribution in [3.63, 3.8) is 0 Å². The number of alkyl halides is 4. The van der Waals surface area contributed by atoms with Crippen LogP contribution in [0.2, 0.25) is 0 Å².